The lowest BCUT2D eigenvalue weighted by molar-refractivity contribution is 0.621. The molecule has 0 saturated carbocycles. The summed E-state index contributed by atoms with van der Waals surface area (Å²) in [5.41, 5.74) is 1.74. The highest BCUT2D eigenvalue weighted by atomic mass is 19.1. The smallest absolute Gasteiger partial charge is 0.125 e. The molecule has 0 unspecified atom stereocenters. The van der Waals surface area contributed by atoms with Gasteiger partial charge < -0.3 is 0 Å². The molecule has 1 aromatic carbocycles. The number of benzene rings is 1. The molecule has 1 aromatic heterocycles. The molecule has 0 amide bonds. The minimum atomic E-state index is -0.269. The molecule has 4 heteroatoms. The van der Waals surface area contributed by atoms with Crippen molar-refractivity contribution < 1.29 is 4.39 Å². The van der Waals surface area contributed by atoms with Crippen LogP contribution in [-0.4, -0.2) is 15.0 Å². The number of hydrogen-bond acceptors (Lipinski definition) is 2. The van der Waals surface area contributed by atoms with E-state index in [0.717, 1.165) is 12.0 Å². The maximum atomic E-state index is 13.0. The molecule has 0 bridgehead atoms. The third kappa shape index (κ3) is 1.51. The fourth-order valence-electron chi connectivity index (χ4n) is 1.36. The van der Waals surface area contributed by atoms with E-state index in [4.69, 9.17) is 0 Å². The first-order chi connectivity index (χ1) is 6.81. The van der Waals surface area contributed by atoms with Crippen LogP contribution in [0.25, 0.3) is 5.69 Å². The first kappa shape index (κ1) is 8.87. The van der Waals surface area contributed by atoms with Crippen LogP contribution in [0.1, 0.15) is 12.5 Å². The van der Waals surface area contributed by atoms with Gasteiger partial charge in [0, 0.05) is 6.07 Å². The highest BCUT2D eigenvalue weighted by Gasteiger charge is 2.05. The lowest BCUT2D eigenvalue weighted by Crippen LogP contribution is -2.03. The van der Waals surface area contributed by atoms with Crippen LogP contribution in [0.3, 0.4) is 0 Å². The van der Waals surface area contributed by atoms with Gasteiger partial charge in [0.15, 0.2) is 0 Å². The Bertz CT molecular complexity index is 423. The van der Waals surface area contributed by atoms with Gasteiger partial charge in [-0.1, -0.05) is 13.0 Å². The van der Waals surface area contributed by atoms with Crippen molar-refractivity contribution in [2.75, 3.05) is 0 Å². The highest BCUT2D eigenvalue weighted by molar-refractivity contribution is 5.39. The van der Waals surface area contributed by atoms with Gasteiger partial charge in [0.2, 0.25) is 0 Å². The molecule has 14 heavy (non-hydrogen) atoms. The van der Waals surface area contributed by atoms with E-state index in [9.17, 15) is 4.39 Å². The van der Waals surface area contributed by atoms with E-state index in [1.54, 1.807) is 18.5 Å². The Balaban J connectivity index is 2.55. The van der Waals surface area contributed by atoms with E-state index in [2.05, 4.69) is 10.2 Å². The summed E-state index contributed by atoms with van der Waals surface area (Å²) in [6.07, 6.45) is 3.98. The fourth-order valence-corrected chi connectivity index (χ4v) is 1.36. The Labute approximate surface area is 81.2 Å². The fraction of sp³-hybridized carbons (Fsp3) is 0.200. The number of aryl methyl sites for hydroxylation is 1. The van der Waals surface area contributed by atoms with Crippen LogP contribution in [0.4, 0.5) is 4.39 Å². The lowest BCUT2D eigenvalue weighted by atomic mass is 10.1. The Hall–Kier alpha value is -1.71. The zero-order valence-electron chi connectivity index (χ0n) is 7.81. The van der Waals surface area contributed by atoms with E-state index >= 15 is 0 Å². The topological polar surface area (TPSA) is 30.7 Å². The van der Waals surface area contributed by atoms with E-state index in [0.29, 0.717) is 5.69 Å². The Morgan fingerprint density at radius 1 is 1.29 bits per heavy atom. The molecule has 0 aliphatic heterocycles. The summed E-state index contributed by atoms with van der Waals surface area (Å²) in [7, 11) is 0. The maximum Gasteiger partial charge on any atom is 0.125 e. The Morgan fingerprint density at radius 2 is 2.00 bits per heavy atom. The standard InChI is InChI=1S/C10H10FN3/c1-2-8-3-4-9(11)7-10(8)14-12-5-6-13-14/h3-7H,2H2,1H3. The van der Waals surface area contributed by atoms with E-state index < -0.39 is 0 Å². The van der Waals surface area contributed by atoms with Crippen molar-refractivity contribution in [1.29, 1.82) is 0 Å². The van der Waals surface area contributed by atoms with Crippen molar-refractivity contribution in [1.82, 2.24) is 15.0 Å². The second-order valence-corrected chi connectivity index (χ2v) is 2.95. The molecule has 0 spiro atoms. The predicted octanol–water partition coefficient (Wildman–Crippen LogP) is 1.97. The molecule has 3 nitrogen and oxygen atoms in total. The van der Waals surface area contributed by atoms with Crippen LogP contribution < -0.4 is 0 Å². The van der Waals surface area contributed by atoms with Gasteiger partial charge in [0.05, 0.1) is 18.1 Å². The molecular formula is C10H10FN3. The van der Waals surface area contributed by atoms with Gasteiger partial charge >= 0.3 is 0 Å². The average Bonchev–Trinajstić information content (AvgIpc) is 2.70. The van der Waals surface area contributed by atoms with Crippen molar-refractivity contribution in [2.45, 2.75) is 13.3 Å². The molecule has 72 valence electrons. The van der Waals surface area contributed by atoms with Gasteiger partial charge in [-0.25, -0.2) is 4.39 Å². The second-order valence-electron chi connectivity index (χ2n) is 2.95. The van der Waals surface area contributed by atoms with E-state index in [1.807, 2.05) is 6.92 Å². The van der Waals surface area contributed by atoms with Crippen molar-refractivity contribution in [3.63, 3.8) is 0 Å². The van der Waals surface area contributed by atoms with Crippen molar-refractivity contribution in [3.8, 4) is 5.69 Å². The van der Waals surface area contributed by atoms with E-state index in [-0.39, 0.29) is 5.82 Å². The maximum absolute atomic E-state index is 13.0. The molecule has 1 heterocycles. The summed E-state index contributed by atoms with van der Waals surface area (Å²) in [5.74, 6) is -0.269. The molecular weight excluding hydrogens is 181 g/mol. The first-order valence-corrected chi connectivity index (χ1v) is 4.46. The Kier molecular flexibility index (Phi) is 2.26. The molecule has 0 atom stereocenters. The van der Waals surface area contributed by atoms with Crippen molar-refractivity contribution in [3.05, 3.63) is 42.0 Å². The molecule has 0 aliphatic rings. The molecule has 0 radical (unpaired) electrons. The Morgan fingerprint density at radius 3 is 2.64 bits per heavy atom. The van der Waals surface area contributed by atoms with Crippen LogP contribution in [0.2, 0.25) is 0 Å². The zero-order valence-corrected chi connectivity index (χ0v) is 7.81. The van der Waals surface area contributed by atoms with Gasteiger partial charge in [-0.2, -0.15) is 15.0 Å². The van der Waals surface area contributed by atoms with Gasteiger partial charge in [-0.15, -0.1) is 0 Å². The minimum absolute atomic E-state index is 0.269. The predicted molar refractivity (Wildman–Crippen MR) is 50.7 cm³/mol. The van der Waals surface area contributed by atoms with Crippen LogP contribution in [0.5, 0.6) is 0 Å². The van der Waals surface area contributed by atoms with Crippen LogP contribution in [0, 0.1) is 5.82 Å². The third-order valence-electron chi connectivity index (χ3n) is 2.06. The molecule has 0 aliphatic carbocycles. The third-order valence-corrected chi connectivity index (χ3v) is 2.06. The second kappa shape index (κ2) is 3.57. The summed E-state index contributed by atoms with van der Waals surface area (Å²) in [6.45, 7) is 2.01. The van der Waals surface area contributed by atoms with Gasteiger partial charge in [0.25, 0.3) is 0 Å². The number of aromatic nitrogens is 3. The number of nitrogens with zero attached hydrogens (tertiary/aromatic N) is 3. The quantitative estimate of drug-likeness (QED) is 0.726. The summed E-state index contributed by atoms with van der Waals surface area (Å²) >= 11 is 0. The summed E-state index contributed by atoms with van der Waals surface area (Å²) in [4.78, 5) is 1.43. The molecule has 2 aromatic rings. The molecule has 0 N–H and O–H groups in total. The average molecular weight is 191 g/mol. The summed E-state index contributed by atoms with van der Waals surface area (Å²) < 4.78 is 13.0. The van der Waals surface area contributed by atoms with Crippen LogP contribution in [0.15, 0.2) is 30.6 Å². The zero-order chi connectivity index (χ0) is 9.97. The van der Waals surface area contributed by atoms with Gasteiger partial charge in [-0.3, -0.25) is 0 Å². The van der Waals surface area contributed by atoms with Gasteiger partial charge in [-0.05, 0) is 18.1 Å². The van der Waals surface area contributed by atoms with Gasteiger partial charge in [0.1, 0.15) is 5.82 Å². The molecule has 0 fully saturated rings. The SMILES string of the molecule is CCc1ccc(F)cc1-n1nccn1. The summed E-state index contributed by atoms with van der Waals surface area (Å²) in [6, 6.07) is 4.65. The molecule has 0 saturated heterocycles. The lowest BCUT2D eigenvalue weighted by Gasteiger charge is -2.05. The highest BCUT2D eigenvalue weighted by Crippen LogP contribution is 2.14. The summed E-state index contributed by atoms with van der Waals surface area (Å²) in [5, 5.41) is 7.95. The number of rotatable bonds is 2. The number of hydrogen-bond donors (Lipinski definition) is 0. The monoisotopic (exact) mass is 191 g/mol. The van der Waals surface area contributed by atoms with Crippen molar-refractivity contribution >= 4 is 0 Å². The van der Waals surface area contributed by atoms with Crippen molar-refractivity contribution in [2.24, 2.45) is 0 Å². The molecule has 2 rings (SSSR count). The van der Waals surface area contributed by atoms with Crippen LogP contribution >= 0.6 is 0 Å². The largest absolute Gasteiger partial charge is 0.207 e. The number of halogens is 1. The minimum Gasteiger partial charge on any atom is -0.207 e. The first-order valence-electron chi connectivity index (χ1n) is 4.46. The van der Waals surface area contributed by atoms with Crippen LogP contribution in [-0.2, 0) is 6.42 Å². The normalized spacial score (nSPS) is 10.4. The van der Waals surface area contributed by atoms with E-state index in [1.165, 1.54) is 16.9 Å².